The highest BCUT2D eigenvalue weighted by Gasteiger charge is 2.31. The second-order valence-electron chi connectivity index (χ2n) is 6.07. The van der Waals surface area contributed by atoms with Crippen molar-refractivity contribution >= 4 is 11.6 Å². The lowest BCUT2D eigenvalue weighted by molar-refractivity contribution is -0.115. The molecule has 21 heavy (non-hydrogen) atoms. The number of hydrogen-bond acceptors (Lipinski definition) is 3. The fourth-order valence-corrected chi connectivity index (χ4v) is 2.62. The number of amides is 1. The van der Waals surface area contributed by atoms with E-state index in [4.69, 9.17) is 0 Å². The normalized spacial score (nSPS) is 25.6. The molecule has 1 aliphatic rings. The van der Waals surface area contributed by atoms with Crippen molar-refractivity contribution in [1.29, 1.82) is 0 Å². The zero-order chi connectivity index (χ0) is 15.3. The van der Waals surface area contributed by atoms with E-state index in [1.54, 1.807) is 0 Å². The van der Waals surface area contributed by atoms with Gasteiger partial charge in [0.05, 0.1) is 12.1 Å². The third kappa shape index (κ3) is 5.10. The maximum Gasteiger partial charge on any atom is 0.238 e. The minimum atomic E-state index is -0.692. The maximum absolute atomic E-state index is 12.7. The van der Waals surface area contributed by atoms with Crippen molar-refractivity contribution in [3.8, 4) is 0 Å². The van der Waals surface area contributed by atoms with E-state index in [1.807, 2.05) is 0 Å². The van der Waals surface area contributed by atoms with Gasteiger partial charge in [-0.3, -0.25) is 4.79 Å². The Morgan fingerprint density at radius 1 is 1.33 bits per heavy atom. The van der Waals surface area contributed by atoms with E-state index in [2.05, 4.69) is 17.6 Å². The smallest absolute Gasteiger partial charge is 0.238 e. The number of nitrogens with one attached hydrogen (secondary N) is 2. The summed E-state index contributed by atoms with van der Waals surface area (Å²) in [4.78, 5) is 11.7. The fraction of sp³-hybridized carbons (Fsp3) is 0.562. The third-order valence-electron chi connectivity index (χ3n) is 4.07. The van der Waals surface area contributed by atoms with Gasteiger partial charge in [0, 0.05) is 12.2 Å². The number of anilines is 1. The van der Waals surface area contributed by atoms with Gasteiger partial charge in [-0.05, 0) is 55.9 Å². The van der Waals surface area contributed by atoms with Crippen molar-refractivity contribution in [2.24, 2.45) is 5.92 Å². The van der Waals surface area contributed by atoms with E-state index >= 15 is 0 Å². The number of rotatable bonds is 5. The van der Waals surface area contributed by atoms with Gasteiger partial charge < -0.3 is 15.7 Å². The minimum absolute atomic E-state index is 0.134. The number of benzene rings is 1. The summed E-state index contributed by atoms with van der Waals surface area (Å²) in [5.74, 6) is 0.140. The SMILES string of the molecule is CC1CCC(O)(CNCC(=O)Nc2ccc(F)cc2)CC1. The summed E-state index contributed by atoms with van der Waals surface area (Å²) in [6.45, 7) is 2.76. The molecule has 1 fully saturated rings. The lowest BCUT2D eigenvalue weighted by Gasteiger charge is -2.35. The predicted octanol–water partition coefficient (Wildman–Crippen LogP) is 2.29. The topological polar surface area (TPSA) is 61.4 Å². The van der Waals surface area contributed by atoms with Crippen molar-refractivity contribution in [3.05, 3.63) is 30.1 Å². The quantitative estimate of drug-likeness (QED) is 0.781. The van der Waals surface area contributed by atoms with Gasteiger partial charge in [0.2, 0.25) is 5.91 Å². The van der Waals surface area contributed by atoms with Gasteiger partial charge in [-0.1, -0.05) is 6.92 Å². The molecule has 1 aromatic carbocycles. The van der Waals surface area contributed by atoms with Crippen molar-refractivity contribution in [1.82, 2.24) is 5.32 Å². The molecule has 0 radical (unpaired) electrons. The van der Waals surface area contributed by atoms with E-state index in [9.17, 15) is 14.3 Å². The molecule has 2 rings (SSSR count). The molecule has 1 saturated carbocycles. The van der Waals surface area contributed by atoms with Crippen molar-refractivity contribution in [2.75, 3.05) is 18.4 Å². The first kappa shape index (κ1) is 15.9. The Bertz CT molecular complexity index is 468. The second kappa shape index (κ2) is 7.00. The van der Waals surface area contributed by atoms with Crippen LogP contribution in [-0.2, 0) is 4.79 Å². The molecule has 1 aromatic rings. The molecule has 1 aliphatic carbocycles. The third-order valence-corrected chi connectivity index (χ3v) is 4.07. The highest BCUT2D eigenvalue weighted by atomic mass is 19.1. The molecule has 0 saturated heterocycles. The number of aliphatic hydroxyl groups is 1. The zero-order valence-corrected chi connectivity index (χ0v) is 12.4. The molecule has 0 bridgehead atoms. The average molecular weight is 294 g/mol. The molecule has 3 N–H and O–H groups in total. The highest BCUT2D eigenvalue weighted by molar-refractivity contribution is 5.92. The van der Waals surface area contributed by atoms with Gasteiger partial charge in [0.15, 0.2) is 0 Å². The van der Waals surface area contributed by atoms with Crippen LogP contribution in [-0.4, -0.2) is 29.7 Å². The molecule has 0 heterocycles. The molecule has 0 atom stereocenters. The van der Waals surface area contributed by atoms with E-state index < -0.39 is 5.60 Å². The number of carbonyl (C=O) groups excluding carboxylic acids is 1. The van der Waals surface area contributed by atoms with Gasteiger partial charge in [0.1, 0.15) is 5.82 Å². The van der Waals surface area contributed by atoms with Crippen LogP contribution < -0.4 is 10.6 Å². The molecule has 4 nitrogen and oxygen atoms in total. The highest BCUT2D eigenvalue weighted by Crippen LogP contribution is 2.31. The Morgan fingerprint density at radius 3 is 2.57 bits per heavy atom. The molecule has 0 spiro atoms. The monoisotopic (exact) mass is 294 g/mol. The molecule has 1 amide bonds. The van der Waals surface area contributed by atoms with Gasteiger partial charge in [-0.25, -0.2) is 4.39 Å². The first-order valence-electron chi connectivity index (χ1n) is 7.45. The first-order chi connectivity index (χ1) is 9.97. The Kier molecular flexibility index (Phi) is 5.31. The van der Waals surface area contributed by atoms with Crippen LogP contribution in [0.4, 0.5) is 10.1 Å². The Hall–Kier alpha value is -1.46. The summed E-state index contributed by atoms with van der Waals surface area (Å²) in [5, 5.41) is 16.1. The molecular formula is C16H23FN2O2. The van der Waals surface area contributed by atoms with Gasteiger partial charge in [-0.15, -0.1) is 0 Å². The van der Waals surface area contributed by atoms with E-state index in [0.717, 1.165) is 25.7 Å². The average Bonchev–Trinajstić information content (AvgIpc) is 2.45. The van der Waals surface area contributed by atoms with Gasteiger partial charge >= 0.3 is 0 Å². The van der Waals surface area contributed by atoms with Crippen molar-refractivity contribution < 1.29 is 14.3 Å². The lowest BCUT2D eigenvalue weighted by Crippen LogP contribution is -2.45. The largest absolute Gasteiger partial charge is 0.389 e. The molecule has 0 aliphatic heterocycles. The van der Waals surface area contributed by atoms with Crippen LogP contribution in [0.15, 0.2) is 24.3 Å². The summed E-state index contributed by atoms with van der Waals surface area (Å²) >= 11 is 0. The molecular weight excluding hydrogens is 271 g/mol. The van der Waals surface area contributed by atoms with Crippen molar-refractivity contribution in [2.45, 2.75) is 38.2 Å². The summed E-state index contributed by atoms with van der Waals surface area (Å²) < 4.78 is 12.7. The summed E-state index contributed by atoms with van der Waals surface area (Å²) in [7, 11) is 0. The lowest BCUT2D eigenvalue weighted by atomic mass is 9.79. The molecule has 116 valence electrons. The number of hydrogen-bond donors (Lipinski definition) is 3. The standard InChI is InChI=1S/C16H23FN2O2/c1-12-6-8-16(21,9-7-12)11-18-10-15(20)19-14-4-2-13(17)3-5-14/h2-5,12,18,21H,6-11H2,1H3,(H,19,20). The summed E-state index contributed by atoms with van der Waals surface area (Å²) in [6.07, 6.45) is 3.61. The predicted molar refractivity (Wildman–Crippen MR) is 80.5 cm³/mol. The Balaban J connectivity index is 1.70. The molecule has 0 unspecified atom stereocenters. The van der Waals surface area contributed by atoms with E-state index in [1.165, 1.54) is 24.3 Å². The van der Waals surface area contributed by atoms with Crippen LogP contribution in [0.2, 0.25) is 0 Å². The Morgan fingerprint density at radius 2 is 1.95 bits per heavy atom. The first-order valence-corrected chi connectivity index (χ1v) is 7.45. The second-order valence-corrected chi connectivity index (χ2v) is 6.07. The summed E-state index contributed by atoms with van der Waals surface area (Å²) in [5.41, 5.74) is -0.128. The maximum atomic E-state index is 12.7. The molecule has 0 aromatic heterocycles. The Labute approximate surface area is 124 Å². The fourth-order valence-electron chi connectivity index (χ4n) is 2.62. The van der Waals surface area contributed by atoms with Crippen LogP contribution in [0.1, 0.15) is 32.6 Å². The van der Waals surface area contributed by atoms with E-state index in [0.29, 0.717) is 18.2 Å². The van der Waals surface area contributed by atoms with Gasteiger partial charge in [-0.2, -0.15) is 0 Å². The van der Waals surface area contributed by atoms with Gasteiger partial charge in [0.25, 0.3) is 0 Å². The van der Waals surface area contributed by atoms with Crippen LogP contribution >= 0.6 is 0 Å². The van der Waals surface area contributed by atoms with Crippen LogP contribution in [0.25, 0.3) is 0 Å². The van der Waals surface area contributed by atoms with Crippen LogP contribution in [0, 0.1) is 11.7 Å². The molecule has 5 heteroatoms. The zero-order valence-electron chi connectivity index (χ0n) is 12.4. The van der Waals surface area contributed by atoms with Crippen molar-refractivity contribution in [3.63, 3.8) is 0 Å². The van der Waals surface area contributed by atoms with Crippen LogP contribution in [0.3, 0.4) is 0 Å². The number of carbonyl (C=O) groups is 1. The summed E-state index contributed by atoms with van der Waals surface area (Å²) in [6, 6.07) is 5.64. The van der Waals surface area contributed by atoms with Crippen LogP contribution in [0.5, 0.6) is 0 Å². The number of halogens is 1. The minimum Gasteiger partial charge on any atom is -0.389 e. The van der Waals surface area contributed by atoms with E-state index in [-0.39, 0.29) is 18.3 Å².